The molecule has 1 aromatic carbocycles. The molecular formula is C10H13ClO3. The molecule has 78 valence electrons. The molecule has 1 aromatic rings. The quantitative estimate of drug-likeness (QED) is 0.838. The van der Waals surface area contributed by atoms with Crippen molar-refractivity contribution in [2.24, 2.45) is 0 Å². The third kappa shape index (κ3) is 3.09. The van der Waals surface area contributed by atoms with Gasteiger partial charge in [0.05, 0.1) is 13.2 Å². The lowest BCUT2D eigenvalue weighted by Gasteiger charge is -2.11. The zero-order valence-corrected chi connectivity index (χ0v) is 8.91. The maximum Gasteiger partial charge on any atom is 0.162 e. The Hall–Kier alpha value is -0.930. The second-order valence-corrected chi connectivity index (χ2v) is 3.39. The monoisotopic (exact) mass is 216 g/mol. The van der Waals surface area contributed by atoms with Gasteiger partial charge in [0.15, 0.2) is 11.5 Å². The molecule has 1 rings (SSSR count). The van der Waals surface area contributed by atoms with Crippen molar-refractivity contribution in [3.8, 4) is 11.5 Å². The number of aliphatic hydroxyl groups is 1. The van der Waals surface area contributed by atoms with Crippen LogP contribution in [0.4, 0.5) is 0 Å². The number of rotatable bonds is 4. The molecule has 0 bridgehead atoms. The largest absolute Gasteiger partial charge is 0.493 e. The van der Waals surface area contributed by atoms with E-state index in [1.165, 1.54) is 0 Å². The minimum absolute atomic E-state index is 0.219. The second-order valence-electron chi connectivity index (χ2n) is 2.96. The van der Waals surface area contributed by atoms with Gasteiger partial charge in [-0.2, -0.15) is 0 Å². The minimum atomic E-state index is -0.515. The van der Waals surface area contributed by atoms with Gasteiger partial charge in [-0.05, 0) is 19.1 Å². The summed E-state index contributed by atoms with van der Waals surface area (Å²) in [5.74, 6) is 1.15. The predicted octanol–water partition coefficient (Wildman–Crippen LogP) is 2.11. The van der Waals surface area contributed by atoms with Crippen LogP contribution < -0.4 is 9.47 Å². The number of benzene rings is 1. The maximum absolute atomic E-state index is 9.05. The van der Waals surface area contributed by atoms with E-state index in [0.29, 0.717) is 16.5 Å². The summed E-state index contributed by atoms with van der Waals surface area (Å²) < 4.78 is 10.4. The Morgan fingerprint density at radius 1 is 1.43 bits per heavy atom. The normalized spacial score (nSPS) is 12.3. The van der Waals surface area contributed by atoms with E-state index in [1.807, 2.05) is 0 Å². The Bertz CT molecular complexity index is 299. The fraction of sp³-hybridized carbons (Fsp3) is 0.400. The first-order valence-electron chi connectivity index (χ1n) is 4.28. The van der Waals surface area contributed by atoms with Crippen LogP contribution in [0.15, 0.2) is 18.2 Å². The number of methoxy groups -OCH3 is 1. The van der Waals surface area contributed by atoms with Gasteiger partial charge in [0.25, 0.3) is 0 Å². The summed E-state index contributed by atoms with van der Waals surface area (Å²) in [5, 5.41) is 9.62. The number of hydrogen-bond acceptors (Lipinski definition) is 3. The minimum Gasteiger partial charge on any atom is -0.493 e. The fourth-order valence-electron chi connectivity index (χ4n) is 0.974. The lowest BCUT2D eigenvalue weighted by Crippen LogP contribution is -2.13. The van der Waals surface area contributed by atoms with Crippen molar-refractivity contribution < 1.29 is 14.6 Å². The molecule has 3 nitrogen and oxygen atoms in total. The van der Waals surface area contributed by atoms with Crippen molar-refractivity contribution in [1.82, 2.24) is 0 Å². The summed E-state index contributed by atoms with van der Waals surface area (Å²) in [6, 6.07) is 5.10. The summed E-state index contributed by atoms with van der Waals surface area (Å²) >= 11 is 5.79. The molecule has 4 heteroatoms. The van der Waals surface area contributed by atoms with Crippen LogP contribution in [0.1, 0.15) is 6.92 Å². The van der Waals surface area contributed by atoms with E-state index in [9.17, 15) is 0 Å². The number of hydrogen-bond donors (Lipinski definition) is 1. The van der Waals surface area contributed by atoms with Crippen molar-refractivity contribution in [3.63, 3.8) is 0 Å². The molecule has 0 saturated heterocycles. The van der Waals surface area contributed by atoms with Gasteiger partial charge in [-0.3, -0.25) is 0 Å². The van der Waals surface area contributed by atoms with Crippen LogP contribution in [0.25, 0.3) is 0 Å². The molecular weight excluding hydrogens is 204 g/mol. The molecule has 0 aliphatic rings. The van der Waals surface area contributed by atoms with Crippen molar-refractivity contribution in [2.75, 3.05) is 13.7 Å². The Kier molecular flexibility index (Phi) is 4.04. The number of aliphatic hydroxyl groups excluding tert-OH is 1. The first kappa shape index (κ1) is 11.1. The Morgan fingerprint density at radius 2 is 2.14 bits per heavy atom. The molecule has 14 heavy (non-hydrogen) atoms. The van der Waals surface area contributed by atoms with Crippen molar-refractivity contribution in [1.29, 1.82) is 0 Å². The summed E-state index contributed by atoms with van der Waals surface area (Å²) in [6.45, 7) is 1.87. The van der Waals surface area contributed by atoms with E-state index in [4.69, 9.17) is 26.2 Å². The Balaban J connectivity index is 2.77. The molecule has 0 spiro atoms. The average Bonchev–Trinajstić information content (AvgIpc) is 2.15. The third-order valence-corrected chi connectivity index (χ3v) is 1.84. The number of ether oxygens (including phenoxy) is 2. The molecule has 0 aliphatic carbocycles. The first-order valence-corrected chi connectivity index (χ1v) is 4.65. The molecule has 1 unspecified atom stereocenters. The van der Waals surface area contributed by atoms with E-state index in [1.54, 1.807) is 32.2 Å². The van der Waals surface area contributed by atoms with Crippen LogP contribution in [-0.4, -0.2) is 24.9 Å². The molecule has 0 aromatic heterocycles. The van der Waals surface area contributed by atoms with Crippen LogP contribution in [0.5, 0.6) is 11.5 Å². The van der Waals surface area contributed by atoms with Gasteiger partial charge >= 0.3 is 0 Å². The summed E-state index contributed by atoms with van der Waals surface area (Å²) in [7, 11) is 1.55. The predicted molar refractivity (Wildman–Crippen MR) is 55.2 cm³/mol. The van der Waals surface area contributed by atoms with Gasteiger partial charge in [-0.25, -0.2) is 0 Å². The molecule has 0 amide bonds. The summed E-state index contributed by atoms with van der Waals surface area (Å²) in [4.78, 5) is 0. The molecule has 1 atom stereocenters. The van der Waals surface area contributed by atoms with Crippen LogP contribution in [-0.2, 0) is 0 Å². The Morgan fingerprint density at radius 3 is 2.71 bits per heavy atom. The van der Waals surface area contributed by atoms with E-state index in [0.717, 1.165) is 0 Å². The van der Waals surface area contributed by atoms with Crippen LogP contribution in [0.2, 0.25) is 5.02 Å². The Labute approximate surface area is 88.2 Å². The highest BCUT2D eigenvalue weighted by Crippen LogP contribution is 2.29. The van der Waals surface area contributed by atoms with Crippen molar-refractivity contribution >= 4 is 11.6 Å². The van der Waals surface area contributed by atoms with Gasteiger partial charge in [-0.1, -0.05) is 11.6 Å². The van der Waals surface area contributed by atoms with Gasteiger partial charge in [-0.15, -0.1) is 0 Å². The van der Waals surface area contributed by atoms with Gasteiger partial charge < -0.3 is 14.6 Å². The SMILES string of the molecule is COc1ccc(Cl)cc1OCC(C)O. The number of halogens is 1. The van der Waals surface area contributed by atoms with Crippen LogP contribution in [0.3, 0.4) is 0 Å². The van der Waals surface area contributed by atoms with Crippen molar-refractivity contribution in [3.05, 3.63) is 23.2 Å². The van der Waals surface area contributed by atoms with E-state index >= 15 is 0 Å². The van der Waals surface area contributed by atoms with E-state index in [2.05, 4.69) is 0 Å². The van der Waals surface area contributed by atoms with Crippen LogP contribution >= 0.6 is 11.6 Å². The lowest BCUT2D eigenvalue weighted by molar-refractivity contribution is 0.120. The zero-order valence-electron chi connectivity index (χ0n) is 8.16. The van der Waals surface area contributed by atoms with Gasteiger partial charge in [0.2, 0.25) is 0 Å². The zero-order chi connectivity index (χ0) is 10.6. The smallest absolute Gasteiger partial charge is 0.162 e. The highest BCUT2D eigenvalue weighted by molar-refractivity contribution is 6.30. The average molecular weight is 217 g/mol. The maximum atomic E-state index is 9.05. The van der Waals surface area contributed by atoms with E-state index in [-0.39, 0.29) is 6.61 Å². The highest BCUT2D eigenvalue weighted by atomic mass is 35.5. The third-order valence-electron chi connectivity index (χ3n) is 1.61. The second kappa shape index (κ2) is 5.08. The standard InChI is InChI=1S/C10H13ClO3/c1-7(12)6-14-10-5-8(11)3-4-9(10)13-2/h3-5,7,12H,6H2,1-2H3. The lowest BCUT2D eigenvalue weighted by atomic mass is 10.3. The molecule has 0 fully saturated rings. The molecule has 0 heterocycles. The van der Waals surface area contributed by atoms with E-state index < -0.39 is 6.10 Å². The van der Waals surface area contributed by atoms with Crippen LogP contribution in [0, 0.1) is 0 Å². The summed E-state index contributed by atoms with van der Waals surface area (Å²) in [5.41, 5.74) is 0. The van der Waals surface area contributed by atoms with Gasteiger partial charge in [0.1, 0.15) is 6.61 Å². The molecule has 1 N–H and O–H groups in total. The summed E-state index contributed by atoms with van der Waals surface area (Å²) in [6.07, 6.45) is -0.515. The molecule has 0 aliphatic heterocycles. The first-order chi connectivity index (χ1) is 6.63. The topological polar surface area (TPSA) is 38.7 Å². The molecule has 0 radical (unpaired) electrons. The van der Waals surface area contributed by atoms with Crippen molar-refractivity contribution in [2.45, 2.75) is 13.0 Å². The highest BCUT2D eigenvalue weighted by Gasteiger charge is 2.06. The fourth-order valence-corrected chi connectivity index (χ4v) is 1.14. The molecule has 0 saturated carbocycles. The van der Waals surface area contributed by atoms with Gasteiger partial charge in [0, 0.05) is 11.1 Å².